The van der Waals surface area contributed by atoms with Crippen molar-refractivity contribution in [1.29, 1.82) is 0 Å². The average molecular weight is 268 g/mol. The topological polar surface area (TPSA) is 54.4 Å². The summed E-state index contributed by atoms with van der Waals surface area (Å²) in [5, 5.41) is 9.85. The number of hydrogen-bond donors (Lipinski definition) is 1. The van der Waals surface area contributed by atoms with Crippen LogP contribution < -0.4 is 0 Å². The SMILES string of the molecule is O=C(Cc1ccccc1)C(=O)C(O)Cc1ccccc1. The molecule has 20 heavy (non-hydrogen) atoms. The van der Waals surface area contributed by atoms with E-state index in [1.807, 2.05) is 48.5 Å². The van der Waals surface area contributed by atoms with Crippen molar-refractivity contribution in [2.75, 3.05) is 0 Å². The first-order valence-electron chi connectivity index (χ1n) is 6.50. The lowest BCUT2D eigenvalue weighted by molar-refractivity contribution is -0.141. The predicted octanol–water partition coefficient (Wildman–Crippen LogP) is 1.97. The molecule has 1 unspecified atom stereocenters. The fourth-order valence-electron chi connectivity index (χ4n) is 1.98. The molecule has 0 heterocycles. The van der Waals surface area contributed by atoms with Crippen LogP contribution in [-0.2, 0) is 22.4 Å². The van der Waals surface area contributed by atoms with Gasteiger partial charge in [-0.1, -0.05) is 60.7 Å². The van der Waals surface area contributed by atoms with Crippen molar-refractivity contribution >= 4 is 11.6 Å². The minimum absolute atomic E-state index is 0.0333. The van der Waals surface area contributed by atoms with E-state index in [1.54, 1.807) is 12.1 Å². The highest BCUT2D eigenvalue weighted by atomic mass is 16.3. The average Bonchev–Trinajstić information content (AvgIpc) is 2.48. The van der Waals surface area contributed by atoms with Crippen molar-refractivity contribution in [3.05, 3.63) is 71.8 Å². The number of hydrogen-bond acceptors (Lipinski definition) is 3. The molecule has 0 aliphatic carbocycles. The summed E-state index contributed by atoms with van der Waals surface area (Å²) < 4.78 is 0. The second-order valence-corrected chi connectivity index (χ2v) is 4.66. The maximum absolute atomic E-state index is 11.9. The Morgan fingerprint density at radius 3 is 1.90 bits per heavy atom. The third-order valence-electron chi connectivity index (χ3n) is 3.06. The highest BCUT2D eigenvalue weighted by Crippen LogP contribution is 2.06. The van der Waals surface area contributed by atoms with E-state index in [0.717, 1.165) is 11.1 Å². The van der Waals surface area contributed by atoms with Gasteiger partial charge in [-0.2, -0.15) is 0 Å². The number of carbonyl (C=O) groups excluding carboxylic acids is 2. The van der Waals surface area contributed by atoms with Gasteiger partial charge in [-0.3, -0.25) is 9.59 Å². The summed E-state index contributed by atoms with van der Waals surface area (Å²) in [6.45, 7) is 0. The van der Waals surface area contributed by atoms with Crippen LogP contribution in [0.15, 0.2) is 60.7 Å². The first kappa shape index (κ1) is 14.2. The van der Waals surface area contributed by atoms with E-state index in [-0.39, 0.29) is 12.8 Å². The zero-order valence-electron chi connectivity index (χ0n) is 11.0. The molecule has 0 aromatic heterocycles. The maximum Gasteiger partial charge on any atom is 0.227 e. The van der Waals surface area contributed by atoms with Gasteiger partial charge in [0.1, 0.15) is 6.10 Å². The Bertz CT molecular complexity index is 576. The minimum Gasteiger partial charge on any atom is -0.384 e. The van der Waals surface area contributed by atoms with Crippen LogP contribution in [0.1, 0.15) is 11.1 Å². The summed E-state index contributed by atoms with van der Waals surface area (Å²) in [7, 11) is 0. The molecule has 3 heteroatoms. The normalized spacial score (nSPS) is 11.8. The Kier molecular flexibility index (Phi) is 4.80. The molecule has 0 radical (unpaired) electrons. The Morgan fingerprint density at radius 2 is 1.35 bits per heavy atom. The molecule has 2 rings (SSSR count). The van der Waals surface area contributed by atoms with E-state index < -0.39 is 17.7 Å². The van der Waals surface area contributed by atoms with Crippen molar-refractivity contribution in [3.8, 4) is 0 Å². The van der Waals surface area contributed by atoms with Gasteiger partial charge in [0.15, 0.2) is 0 Å². The maximum atomic E-state index is 11.9. The number of rotatable bonds is 6. The molecule has 0 amide bonds. The van der Waals surface area contributed by atoms with Crippen LogP contribution in [0, 0.1) is 0 Å². The van der Waals surface area contributed by atoms with Crippen LogP contribution in [-0.4, -0.2) is 22.8 Å². The number of benzene rings is 2. The Labute approximate surface area is 117 Å². The van der Waals surface area contributed by atoms with Gasteiger partial charge in [0.25, 0.3) is 0 Å². The largest absolute Gasteiger partial charge is 0.384 e. The smallest absolute Gasteiger partial charge is 0.227 e. The van der Waals surface area contributed by atoms with Crippen molar-refractivity contribution < 1.29 is 14.7 Å². The standard InChI is InChI=1S/C17H16O3/c18-15(11-13-7-3-1-4-8-13)17(20)16(19)12-14-9-5-2-6-10-14/h1-10,15,18H,11-12H2. The second kappa shape index (κ2) is 6.78. The van der Waals surface area contributed by atoms with E-state index in [1.165, 1.54) is 0 Å². The van der Waals surface area contributed by atoms with E-state index in [0.29, 0.717) is 0 Å². The molecule has 1 atom stereocenters. The highest BCUT2D eigenvalue weighted by molar-refractivity contribution is 6.39. The number of aliphatic hydroxyl groups is 1. The predicted molar refractivity (Wildman–Crippen MR) is 76.3 cm³/mol. The monoisotopic (exact) mass is 268 g/mol. The van der Waals surface area contributed by atoms with Gasteiger partial charge in [-0.05, 0) is 11.1 Å². The highest BCUT2D eigenvalue weighted by Gasteiger charge is 2.23. The summed E-state index contributed by atoms with van der Waals surface area (Å²) in [5.74, 6) is -1.28. The fraction of sp³-hybridized carbons (Fsp3) is 0.176. The lowest BCUT2D eigenvalue weighted by atomic mass is 9.99. The van der Waals surface area contributed by atoms with Crippen LogP contribution in [0.25, 0.3) is 0 Å². The van der Waals surface area contributed by atoms with E-state index >= 15 is 0 Å². The quantitative estimate of drug-likeness (QED) is 0.815. The molecule has 102 valence electrons. The van der Waals surface area contributed by atoms with Gasteiger partial charge in [0, 0.05) is 12.8 Å². The van der Waals surface area contributed by atoms with Crippen molar-refractivity contribution in [2.45, 2.75) is 18.9 Å². The molecule has 0 spiro atoms. The molecular weight excluding hydrogens is 252 g/mol. The lowest BCUT2D eigenvalue weighted by Gasteiger charge is -2.09. The second-order valence-electron chi connectivity index (χ2n) is 4.66. The number of Topliss-reactive ketones (excluding diaryl/α,β-unsaturated/α-hetero) is 2. The molecule has 2 aromatic rings. The minimum atomic E-state index is -1.27. The first-order chi connectivity index (χ1) is 9.66. The molecule has 2 aromatic carbocycles. The van der Waals surface area contributed by atoms with Gasteiger partial charge < -0.3 is 5.11 Å². The first-order valence-corrected chi connectivity index (χ1v) is 6.50. The summed E-state index contributed by atoms with van der Waals surface area (Å²) in [5.41, 5.74) is 1.61. The number of carbonyl (C=O) groups is 2. The zero-order valence-corrected chi connectivity index (χ0v) is 11.0. The summed E-state index contributed by atoms with van der Waals surface area (Å²) in [4.78, 5) is 23.7. The molecule has 0 bridgehead atoms. The van der Waals surface area contributed by atoms with Crippen LogP contribution in [0.3, 0.4) is 0 Å². The molecule has 0 aliphatic rings. The molecule has 3 nitrogen and oxygen atoms in total. The summed E-state index contributed by atoms with van der Waals surface area (Å²) >= 11 is 0. The van der Waals surface area contributed by atoms with Crippen molar-refractivity contribution in [1.82, 2.24) is 0 Å². The van der Waals surface area contributed by atoms with E-state index in [4.69, 9.17) is 0 Å². The van der Waals surface area contributed by atoms with Crippen LogP contribution in [0.4, 0.5) is 0 Å². The zero-order chi connectivity index (χ0) is 14.4. The summed E-state index contributed by atoms with van der Waals surface area (Å²) in [6.07, 6.45) is -1.07. The van der Waals surface area contributed by atoms with Crippen LogP contribution >= 0.6 is 0 Å². The number of aliphatic hydroxyl groups excluding tert-OH is 1. The third kappa shape index (κ3) is 3.87. The molecule has 1 N–H and O–H groups in total. The van der Waals surface area contributed by atoms with Crippen molar-refractivity contribution in [3.63, 3.8) is 0 Å². The lowest BCUT2D eigenvalue weighted by Crippen LogP contribution is -2.31. The van der Waals surface area contributed by atoms with Gasteiger partial charge in [0.2, 0.25) is 11.6 Å². The van der Waals surface area contributed by atoms with Crippen LogP contribution in [0.5, 0.6) is 0 Å². The Morgan fingerprint density at radius 1 is 0.850 bits per heavy atom. The molecule has 0 saturated heterocycles. The Balaban J connectivity index is 1.95. The van der Waals surface area contributed by atoms with Crippen molar-refractivity contribution in [2.24, 2.45) is 0 Å². The summed E-state index contributed by atoms with van der Waals surface area (Å²) in [6, 6.07) is 18.2. The third-order valence-corrected chi connectivity index (χ3v) is 3.06. The number of ketones is 2. The fourth-order valence-corrected chi connectivity index (χ4v) is 1.98. The molecule has 0 fully saturated rings. The van der Waals surface area contributed by atoms with Gasteiger partial charge in [-0.15, -0.1) is 0 Å². The van der Waals surface area contributed by atoms with Gasteiger partial charge >= 0.3 is 0 Å². The Hall–Kier alpha value is -2.26. The van der Waals surface area contributed by atoms with Gasteiger partial charge in [-0.25, -0.2) is 0 Å². The molecular formula is C17H16O3. The molecule has 0 aliphatic heterocycles. The van der Waals surface area contributed by atoms with Crippen LogP contribution in [0.2, 0.25) is 0 Å². The van der Waals surface area contributed by atoms with E-state index in [9.17, 15) is 14.7 Å². The van der Waals surface area contributed by atoms with E-state index in [2.05, 4.69) is 0 Å². The van der Waals surface area contributed by atoms with Gasteiger partial charge in [0.05, 0.1) is 0 Å². The molecule has 0 saturated carbocycles.